The third kappa shape index (κ3) is 3.58. The summed E-state index contributed by atoms with van der Waals surface area (Å²) in [6.45, 7) is 2.94. The third-order valence-corrected chi connectivity index (χ3v) is 5.75. The fourth-order valence-electron chi connectivity index (χ4n) is 3.85. The zero-order valence-electron chi connectivity index (χ0n) is 17.7. The molecule has 0 aromatic carbocycles. The highest BCUT2D eigenvalue weighted by atomic mass is 16.5. The number of anilines is 1. The number of aryl methyl sites for hydroxylation is 2. The molecule has 5 heterocycles. The van der Waals surface area contributed by atoms with Crippen LogP contribution in [-0.2, 0) is 16.6 Å². The van der Waals surface area contributed by atoms with Crippen LogP contribution in [0.4, 0.5) is 10.6 Å². The van der Waals surface area contributed by atoms with E-state index in [1.54, 1.807) is 42.2 Å². The van der Waals surface area contributed by atoms with Crippen LogP contribution in [0.2, 0.25) is 0 Å². The molecule has 5 rings (SSSR count). The van der Waals surface area contributed by atoms with E-state index in [1.165, 1.54) is 4.90 Å². The number of carbonyl (C=O) groups is 2. The summed E-state index contributed by atoms with van der Waals surface area (Å²) in [7, 11) is 1.85. The van der Waals surface area contributed by atoms with Crippen molar-refractivity contribution in [2.45, 2.75) is 13.3 Å². The Labute approximate surface area is 184 Å². The van der Waals surface area contributed by atoms with E-state index in [0.717, 1.165) is 11.3 Å². The third-order valence-electron chi connectivity index (χ3n) is 5.75. The van der Waals surface area contributed by atoms with Crippen LogP contribution in [0.15, 0.2) is 42.9 Å². The second-order valence-corrected chi connectivity index (χ2v) is 8.07. The van der Waals surface area contributed by atoms with Gasteiger partial charge in [-0.05, 0) is 31.5 Å². The number of carbonyl (C=O) groups excluding carboxylic acids is 2. The molecule has 2 saturated heterocycles. The number of amides is 3. The molecule has 10 nitrogen and oxygen atoms in total. The summed E-state index contributed by atoms with van der Waals surface area (Å²) < 4.78 is 12.9. The van der Waals surface area contributed by atoms with Gasteiger partial charge in [-0.1, -0.05) is 0 Å². The summed E-state index contributed by atoms with van der Waals surface area (Å²) in [6, 6.07) is 6.48. The first-order chi connectivity index (χ1) is 15.4. The van der Waals surface area contributed by atoms with Crippen molar-refractivity contribution in [2.24, 2.45) is 12.5 Å². The zero-order chi connectivity index (χ0) is 22.3. The molecule has 1 spiro atoms. The fourth-order valence-corrected chi connectivity index (χ4v) is 3.85. The van der Waals surface area contributed by atoms with Crippen LogP contribution in [0.1, 0.15) is 12.1 Å². The normalized spacial score (nSPS) is 16.8. The van der Waals surface area contributed by atoms with Crippen molar-refractivity contribution in [3.63, 3.8) is 0 Å². The van der Waals surface area contributed by atoms with Crippen molar-refractivity contribution in [2.75, 3.05) is 25.1 Å². The number of likely N-dealkylation sites (tertiary alicyclic amines) is 1. The van der Waals surface area contributed by atoms with E-state index >= 15 is 0 Å². The Balaban J connectivity index is 1.27. The van der Waals surface area contributed by atoms with Crippen LogP contribution in [-0.4, -0.2) is 56.3 Å². The lowest BCUT2D eigenvalue weighted by atomic mass is 9.84. The predicted molar refractivity (Wildman–Crippen MR) is 114 cm³/mol. The van der Waals surface area contributed by atoms with E-state index in [9.17, 15) is 9.59 Å². The Hall–Kier alpha value is -3.79. The van der Waals surface area contributed by atoms with E-state index in [-0.39, 0.29) is 5.91 Å². The van der Waals surface area contributed by atoms with Gasteiger partial charge in [0.2, 0.25) is 5.91 Å². The van der Waals surface area contributed by atoms with E-state index in [0.29, 0.717) is 49.2 Å². The summed E-state index contributed by atoms with van der Waals surface area (Å²) in [6.07, 6.45) is 5.91. The largest absolute Gasteiger partial charge is 0.455 e. The molecule has 0 atom stereocenters. The number of nitrogens with zero attached hydrogens (tertiary/aromatic N) is 5. The van der Waals surface area contributed by atoms with Gasteiger partial charge in [-0.15, -0.1) is 0 Å². The SMILES string of the molecule is Cc1nc(NC(=O)N2CCC3(COC3)C2=O)ccc1Oc1ccnc(-c2cnn(C)c2)c1. The van der Waals surface area contributed by atoms with Crippen LogP contribution in [0, 0.1) is 12.3 Å². The highest BCUT2D eigenvalue weighted by Crippen LogP contribution is 2.39. The van der Waals surface area contributed by atoms with Gasteiger partial charge in [-0.3, -0.25) is 24.7 Å². The fraction of sp³-hybridized carbons (Fsp3) is 0.318. The molecule has 0 saturated carbocycles. The number of ether oxygens (including phenoxy) is 2. The highest BCUT2D eigenvalue weighted by Gasteiger charge is 2.53. The number of hydrogen-bond acceptors (Lipinski definition) is 7. The Kier molecular flexibility index (Phi) is 4.86. The highest BCUT2D eigenvalue weighted by molar-refractivity contribution is 6.04. The minimum absolute atomic E-state index is 0.181. The molecule has 3 aromatic rings. The molecule has 0 aliphatic carbocycles. The number of aromatic nitrogens is 4. The van der Waals surface area contributed by atoms with E-state index < -0.39 is 11.4 Å². The average molecular weight is 434 g/mol. The van der Waals surface area contributed by atoms with Gasteiger partial charge in [-0.2, -0.15) is 5.10 Å². The van der Waals surface area contributed by atoms with Crippen LogP contribution in [0.25, 0.3) is 11.3 Å². The lowest BCUT2D eigenvalue weighted by Gasteiger charge is -2.35. The zero-order valence-corrected chi connectivity index (χ0v) is 17.7. The van der Waals surface area contributed by atoms with Gasteiger partial charge in [0, 0.05) is 37.6 Å². The maximum Gasteiger partial charge on any atom is 0.329 e. The first-order valence-corrected chi connectivity index (χ1v) is 10.2. The van der Waals surface area contributed by atoms with Crippen molar-refractivity contribution in [3.05, 3.63) is 48.5 Å². The van der Waals surface area contributed by atoms with Gasteiger partial charge in [-0.25, -0.2) is 9.78 Å². The Bertz CT molecular complexity index is 1200. The topological polar surface area (TPSA) is 111 Å². The molecule has 2 aliphatic heterocycles. The molecule has 164 valence electrons. The first kappa shape index (κ1) is 20.1. The van der Waals surface area contributed by atoms with E-state index in [1.807, 2.05) is 19.3 Å². The van der Waals surface area contributed by atoms with Gasteiger partial charge >= 0.3 is 6.03 Å². The maximum absolute atomic E-state index is 12.6. The molecule has 1 N–H and O–H groups in total. The molecule has 2 fully saturated rings. The van der Waals surface area contributed by atoms with E-state index in [4.69, 9.17) is 9.47 Å². The van der Waals surface area contributed by atoms with Crippen LogP contribution in [0.3, 0.4) is 0 Å². The number of nitrogens with one attached hydrogen (secondary N) is 1. The predicted octanol–water partition coefficient (Wildman–Crippen LogP) is 2.76. The van der Waals surface area contributed by atoms with Crippen molar-refractivity contribution in [1.29, 1.82) is 0 Å². The maximum atomic E-state index is 12.6. The van der Waals surface area contributed by atoms with Gasteiger partial charge in [0.15, 0.2) is 0 Å². The Morgan fingerprint density at radius 2 is 2.12 bits per heavy atom. The van der Waals surface area contributed by atoms with Gasteiger partial charge in [0.25, 0.3) is 0 Å². The Morgan fingerprint density at radius 1 is 1.28 bits per heavy atom. The van der Waals surface area contributed by atoms with Gasteiger partial charge < -0.3 is 9.47 Å². The first-order valence-electron chi connectivity index (χ1n) is 10.2. The number of imide groups is 1. The number of rotatable bonds is 4. The summed E-state index contributed by atoms with van der Waals surface area (Å²) in [5.74, 6) is 1.33. The average Bonchev–Trinajstić information content (AvgIpc) is 3.33. The molecular formula is C22H22N6O4. The lowest BCUT2D eigenvalue weighted by Crippen LogP contribution is -2.50. The van der Waals surface area contributed by atoms with Crippen LogP contribution >= 0.6 is 0 Å². The molecule has 10 heteroatoms. The smallest absolute Gasteiger partial charge is 0.329 e. The molecule has 0 unspecified atom stereocenters. The van der Waals surface area contributed by atoms with E-state index in [2.05, 4.69) is 20.4 Å². The molecule has 32 heavy (non-hydrogen) atoms. The van der Waals surface area contributed by atoms with Gasteiger partial charge in [0.05, 0.1) is 36.2 Å². The minimum atomic E-state index is -0.516. The van der Waals surface area contributed by atoms with Crippen molar-refractivity contribution in [3.8, 4) is 22.8 Å². The number of pyridine rings is 2. The van der Waals surface area contributed by atoms with Crippen molar-refractivity contribution >= 4 is 17.8 Å². The molecule has 0 radical (unpaired) electrons. The number of hydrogen-bond donors (Lipinski definition) is 1. The summed E-state index contributed by atoms with van der Waals surface area (Å²) in [4.78, 5) is 35.1. The van der Waals surface area contributed by atoms with Crippen LogP contribution in [0.5, 0.6) is 11.5 Å². The van der Waals surface area contributed by atoms with Crippen LogP contribution < -0.4 is 10.1 Å². The molecule has 3 aromatic heterocycles. The molecule has 3 amide bonds. The second-order valence-electron chi connectivity index (χ2n) is 8.07. The molecule has 0 bridgehead atoms. The molecular weight excluding hydrogens is 412 g/mol. The lowest BCUT2D eigenvalue weighted by molar-refractivity contribution is -0.159. The Morgan fingerprint density at radius 3 is 2.78 bits per heavy atom. The minimum Gasteiger partial charge on any atom is -0.455 e. The second kappa shape index (κ2) is 7.72. The summed E-state index contributed by atoms with van der Waals surface area (Å²) in [5, 5.41) is 6.87. The number of urea groups is 1. The van der Waals surface area contributed by atoms with Crippen molar-refractivity contribution < 1.29 is 19.1 Å². The monoisotopic (exact) mass is 434 g/mol. The quantitative estimate of drug-likeness (QED) is 0.672. The van der Waals surface area contributed by atoms with Crippen molar-refractivity contribution in [1.82, 2.24) is 24.6 Å². The summed E-state index contributed by atoms with van der Waals surface area (Å²) >= 11 is 0. The van der Waals surface area contributed by atoms with Gasteiger partial charge in [0.1, 0.15) is 17.3 Å². The standard InChI is InChI=1S/C22H22N6O4/c1-14-18(32-16-5-7-23-17(9-16)15-10-24-27(2)11-15)3-4-19(25-14)26-21(30)28-8-6-22(20(28)29)12-31-13-22/h3-5,7,9-11H,6,8,12-13H2,1-2H3,(H,25,26,30). The molecule has 2 aliphatic rings. The summed E-state index contributed by atoms with van der Waals surface area (Å²) in [5.41, 5.74) is 1.71.